The molecule has 1 aliphatic carbocycles. The van der Waals surface area contributed by atoms with Gasteiger partial charge in [0.1, 0.15) is 0 Å². The summed E-state index contributed by atoms with van der Waals surface area (Å²) in [6, 6.07) is 6.62. The maximum absolute atomic E-state index is 12.8. The lowest BCUT2D eigenvalue weighted by molar-refractivity contribution is 0.0910. The van der Waals surface area contributed by atoms with E-state index < -0.39 is 10.0 Å². The highest BCUT2D eigenvalue weighted by Crippen LogP contribution is 2.24. The molecule has 0 spiro atoms. The molecule has 1 aromatic carbocycles. The number of rotatable bonds is 4. The summed E-state index contributed by atoms with van der Waals surface area (Å²) >= 11 is 0. The molecular formula is C20H30N2O3S. The maximum Gasteiger partial charge on any atom is 0.251 e. The Balaban J connectivity index is 1.68. The second-order valence-corrected chi connectivity index (χ2v) is 9.62. The van der Waals surface area contributed by atoms with Gasteiger partial charge in [0, 0.05) is 24.7 Å². The van der Waals surface area contributed by atoms with E-state index >= 15 is 0 Å². The molecule has 1 heterocycles. The molecule has 1 saturated heterocycles. The highest BCUT2D eigenvalue weighted by molar-refractivity contribution is 7.89. The van der Waals surface area contributed by atoms with Gasteiger partial charge < -0.3 is 5.32 Å². The Hall–Kier alpha value is -1.40. The number of benzene rings is 1. The number of nitrogens with one attached hydrogen (secondary N) is 1. The molecule has 1 N–H and O–H groups in total. The predicted molar refractivity (Wildman–Crippen MR) is 103 cm³/mol. The van der Waals surface area contributed by atoms with Crippen molar-refractivity contribution in [3.63, 3.8) is 0 Å². The number of amides is 1. The molecule has 26 heavy (non-hydrogen) atoms. The van der Waals surface area contributed by atoms with Crippen LogP contribution in [0, 0.1) is 5.92 Å². The number of carbonyl (C=O) groups excluding carboxylic acids is 1. The molecule has 144 valence electrons. The van der Waals surface area contributed by atoms with Crippen LogP contribution in [0.5, 0.6) is 0 Å². The molecule has 6 heteroatoms. The van der Waals surface area contributed by atoms with Crippen molar-refractivity contribution in [1.29, 1.82) is 0 Å². The Morgan fingerprint density at radius 2 is 1.58 bits per heavy atom. The summed E-state index contributed by atoms with van der Waals surface area (Å²) in [5.74, 6) is 0.387. The smallest absolute Gasteiger partial charge is 0.251 e. The first-order valence-corrected chi connectivity index (χ1v) is 11.3. The Kier molecular flexibility index (Phi) is 6.35. The molecular weight excluding hydrogens is 348 g/mol. The van der Waals surface area contributed by atoms with E-state index in [1.807, 2.05) is 0 Å². The normalized spacial score (nSPS) is 25.4. The van der Waals surface area contributed by atoms with E-state index in [1.54, 1.807) is 28.6 Å². The van der Waals surface area contributed by atoms with Crippen molar-refractivity contribution in [2.75, 3.05) is 13.1 Å². The second kappa shape index (κ2) is 8.53. The average Bonchev–Trinajstić information content (AvgIpc) is 2.94. The van der Waals surface area contributed by atoms with Gasteiger partial charge in [0.2, 0.25) is 10.0 Å². The van der Waals surface area contributed by atoms with E-state index in [9.17, 15) is 13.2 Å². The lowest BCUT2D eigenvalue weighted by Crippen LogP contribution is -2.41. The van der Waals surface area contributed by atoms with Crippen LogP contribution in [0.3, 0.4) is 0 Å². The molecule has 2 aliphatic rings. The van der Waals surface area contributed by atoms with Gasteiger partial charge in [-0.1, -0.05) is 32.6 Å². The van der Waals surface area contributed by atoms with Gasteiger partial charge in [-0.2, -0.15) is 4.31 Å². The van der Waals surface area contributed by atoms with Crippen LogP contribution in [0.4, 0.5) is 0 Å². The van der Waals surface area contributed by atoms with Crippen LogP contribution >= 0.6 is 0 Å². The molecule has 1 saturated carbocycles. The number of nitrogens with zero attached hydrogens (tertiary/aromatic N) is 1. The quantitative estimate of drug-likeness (QED) is 0.871. The van der Waals surface area contributed by atoms with Gasteiger partial charge in [-0.05, 0) is 55.9 Å². The summed E-state index contributed by atoms with van der Waals surface area (Å²) in [7, 11) is -3.46. The van der Waals surface area contributed by atoms with Gasteiger partial charge in [0.25, 0.3) is 5.91 Å². The fraction of sp³-hybridized carbons (Fsp3) is 0.650. The minimum Gasteiger partial charge on any atom is -0.349 e. The van der Waals surface area contributed by atoms with E-state index in [0.29, 0.717) is 24.6 Å². The summed E-state index contributed by atoms with van der Waals surface area (Å²) in [5, 5.41) is 3.12. The van der Waals surface area contributed by atoms with E-state index in [2.05, 4.69) is 12.2 Å². The Bertz CT molecular complexity index is 707. The third-order valence-corrected chi connectivity index (χ3v) is 7.66. The standard InChI is InChI=1S/C20H30N2O3S/c1-16-8-4-5-9-19(16)21-20(23)17-10-12-18(13-11-17)26(24,25)22-14-6-2-3-7-15-22/h10-13,16,19H,2-9,14-15H2,1H3,(H,21,23)/t16-,19-/m0/s1. The second-order valence-electron chi connectivity index (χ2n) is 7.68. The molecule has 0 bridgehead atoms. The van der Waals surface area contributed by atoms with Crippen molar-refractivity contribution in [3.8, 4) is 0 Å². The molecule has 5 nitrogen and oxygen atoms in total. The van der Waals surface area contributed by atoms with Crippen LogP contribution in [0.15, 0.2) is 29.2 Å². The van der Waals surface area contributed by atoms with Gasteiger partial charge in [-0.3, -0.25) is 4.79 Å². The van der Waals surface area contributed by atoms with Crippen LogP contribution in [0.1, 0.15) is 68.6 Å². The SMILES string of the molecule is C[C@H]1CCCC[C@@H]1NC(=O)c1ccc(S(=O)(=O)N2CCCCCC2)cc1. The Labute approximate surface area is 157 Å². The largest absolute Gasteiger partial charge is 0.349 e. The molecule has 1 aromatic rings. The van der Waals surface area contributed by atoms with Crippen molar-refractivity contribution < 1.29 is 13.2 Å². The lowest BCUT2D eigenvalue weighted by atomic mass is 9.86. The van der Waals surface area contributed by atoms with E-state index in [1.165, 1.54) is 6.42 Å². The van der Waals surface area contributed by atoms with E-state index in [4.69, 9.17) is 0 Å². The fourth-order valence-electron chi connectivity index (χ4n) is 3.99. The molecule has 1 aliphatic heterocycles. The summed E-state index contributed by atoms with van der Waals surface area (Å²) in [6.07, 6.45) is 8.57. The van der Waals surface area contributed by atoms with Crippen LogP contribution in [0.2, 0.25) is 0 Å². The van der Waals surface area contributed by atoms with Gasteiger partial charge in [-0.15, -0.1) is 0 Å². The lowest BCUT2D eigenvalue weighted by Gasteiger charge is -2.29. The highest BCUT2D eigenvalue weighted by Gasteiger charge is 2.26. The first kappa shape index (κ1) is 19.4. The zero-order valence-corrected chi connectivity index (χ0v) is 16.4. The number of hydrogen-bond donors (Lipinski definition) is 1. The third kappa shape index (κ3) is 4.46. The molecule has 0 unspecified atom stereocenters. The fourth-order valence-corrected chi connectivity index (χ4v) is 5.51. The first-order valence-electron chi connectivity index (χ1n) is 9.89. The summed E-state index contributed by atoms with van der Waals surface area (Å²) in [6.45, 7) is 3.36. The number of hydrogen-bond acceptors (Lipinski definition) is 3. The molecule has 0 aromatic heterocycles. The van der Waals surface area contributed by atoms with Crippen LogP contribution < -0.4 is 5.32 Å². The average molecular weight is 379 g/mol. The van der Waals surface area contributed by atoms with Crippen LogP contribution in [-0.4, -0.2) is 37.8 Å². The van der Waals surface area contributed by atoms with Gasteiger partial charge in [0.15, 0.2) is 0 Å². The summed E-state index contributed by atoms with van der Waals surface area (Å²) in [5.41, 5.74) is 0.526. The van der Waals surface area contributed by atoms with Crippen molar-refractivity contribution >= 4 is 15.9 Å². The zero-order valence-electron chi connectivity index (χ0n) is 15.6. The minimum atomic E-state index is -3.46. The molecule has 2 atom stereocenters. The summed E-state index contributed by atoms with van der Waals surface area (Å²) < 4.78 is 27.2. The molecule has 2 fully saturated rings. The van der Waals surface area contributed by atoms with Gasteiger partial charge in [0.05, 0.1) is 4.90 Å². The number of sulfonamides is 1. The zero-order chi connectivity index (χ0) is 18.6. The van der Waals surface area contributed by atoms with Crippen LogP contribution in [-0.2, 0) is 10.0 Å². The minimum absolute atomic E-state index is 0.109. The van der Waals surface area contributed by atoms with Gasteiger partial charge in [-0.25, -0.2) is 8.42 Å². The van der Waals surface area contributed by atoms with Crippen molar-refractivity contribution in [2.45, 2.75) is 69.2 Å². The van der Waals surface area contributed by atoms with E-state index in [0.717, 1.165) is 44.9 Å². The van der Waals surface area contributed by atoms with Crippen LogP contribution in [0.25, 0.3) is 0 Å². The molecule has 3 rings (SSSR count). The summed E-state index contributed by atoms with van der Waals surface area (Å²) in [4.78, 5) is 12.8. The Morgan fingerprint density at radius 1 is 0.962 bits per heavy atom. The predicted octanol–water partition coefficient (Wildman–Crippen LogP) is 3.56. The topological polar surface area (TPSA) is 66.5 Å². The number of carbonyl (C=O) groups is 1. The molecule has 1 amide bonds. The monoisotopic (exact) mass is 378 g/mol. The first-order chi connectivity index (χ1) is 12.5. The highest BCUT2D eigenvalue weighted by atomic mass is 32.2. The van der Waals surface area contributed by atoms with Crippen molar-refractivity contribution in [2.24, 2.45) is 5.92 Å². The van der Waals surface area contributed by atoms with E-state index in [-0.39, 0.29) is 16.8 Å². The van der Waals surface area contributed by atoms with Crippen molar-refractivity contribution in [3.05, 3.63) is 29.8 Å². The maximum atomic E-state index is 12.8. The van der Waals surface area contributed by atoms with Gasteiger partial charge >= 0.3 is 0 Å². The van der Waals surface area contributed by atoms with Crippen molar-refractivity contribution in [1.82, 2.24) is 9.62 Å². The Morgan fingerprint density at radius 3 is 2.19 bits per heavy atom. The third-order valence-electron chi connectivity index (χ3n) is 5.75. The molecule has 0 radical (unpaired) electrons.